The number of nitrogens with one attached hydrogen (secondary N) is 2. The van der Waals surface area contributed by atoms with Crippen molar-refractivity contribution in [3.05, 3.63) is 45.9 Å². The molecule has 0 radical (unpaired) electrons. The van der Waals surface area contributed by atoms with Crippen molar-refractivity contribution in [3.63, 3.8) is 0 Å². The maximum atomic E-state index is 12.1. The van der Waals surface area contributed by atoms with Gasteiger partial charge < -0.3 is 25.5 Å². The predicted octanol–water partition coefficient (Wildman–Crippen LogP) is 1.25. The highest BCUT2D eigenvalue weighted by molar-refractivity contribution is 6.05. The van der Waals surface area contributed by atoms with Gasteiger partial charge in [0.25, 0.3) is 5.91 Å². The zero-order chi connectivity index (χ0) is 15.0. The zero-order valence-electron chi connectivity index (χ0n) is 11.2. The van der Waals surface area contributed by atoms with Crippen LogP contribution in [0.3, 0.4) is 0 Å². The molecule has 2 heterocycles. The average molecular weight is 287 g/mol. The van der Waals surface area contributed by atoms with Gasteiger partial charge in [-0.3, -0.25) is 9.59 Å². The van der Waals surface area contributed by atoms with Gasteiger partial charge in [0.1, 0.15) is 5.56 Å². The summed E-state index contributed by atoms with van der Waals surface area (Å²) in [5.74, 6) is 0.484. The molecule has 0 aliphatic carbocycles. The first-order chi connectivity index (χ1) is 10.0. The summed E-state index contributed by atoms with van der Waals surface area (Å²) in [6.07, 6.45) is 1.37. The number of benzene rings is 1. The summed E-state index contributed by atoms with van der Waals surface area (Å²) in [6, 6.07) is 4.49. The molecular weight excluding hydrogens is 274 g/mol. The van der Waals surface area contributed by atoms with Crippen LogP contribution in [0.15, 0.2) is 29.2 Å². The summed E-state index contributed by atoms with van der Waals surface area (Å²) >= 11 is 0. The Morgan fingerprint density at radius 1 is 1.29 bits per heavy atom. The largest absolute Gasteiger partial charge is 0.454 e. The van der Waals surface area contributed by atoms with Gasteiger partial charge in [-0.1, -0.05) is 0 Å². The Labute approximate surface area is 119 Å². The minimum atomic E-state index is -0.540. The molecule has 108 valence electrons. The van der Waals surface area contributed by atoms with Crippen LogP contribution in [-0.4, -0.2) is 17.7 Å². The third-order valence-electron chi connectivity index (χ3n) is 3.09. The molecule has 1 aliphatic rings. The van der Waals surface area contributed by atoms with Gasteiger partial charge in [0.05, 0.1) is 11.4 Å². The molecule has 1 amide bonds. The van der Waals surface area contributed by atoms with E-state index in [0.717, 1.165) is 0 Å². The SMILES string of the molecule is Cc1cc(=O)c(C(=O)Nc2cc3c(cc2N)OCO3)c[nH]1. The van der Waals surface area contributed by atoms with Crippen LogP contribution < -0.4 is 26.0 Å². The topological polar surface area (TPSA) is 106 Å². The number of nitrogens with two attached hydrogens (primary N) is 1. The molecule has 0 fully saturated rings. The number of hydrogen-bond donors (Lipinski definition) is 3. The molecule has 7 heteroatoms. The molecule has 0 bridgehead atoms. The van der Waals surface area contributed by atoms with E-state index in [1.165, 1.54) is 12.3 Å². The number of hydrogen-bond acceptors (Lipinski definition) is 5. The van der Waals surface area contributed by atoms with E-state index >= 15 is 0 Å². The van der Waals surface area contributed by atoms with Crippen LogP contribution >= 0.6 is 0 Å². The Balaban J connectivity index is 1.90. The molecule has 0 spiro atoms. The van der Waals surface area contributed by atoms with Crippen LogP contribution in [0.1, 0.15) is 16.1 Å². The van der Waals surface area contributed by atoms with E-state index in [-0.39, 0.29) is 17.8 Å². The van der Waals surface area contributed by atoms with Crippen LogP contribution in [0, 0.1) is 6.92 Å². The van der Waals surface area contributed by atoms with Crippen molar-refractivity contribution in [2.75, 3.05) is 17.8 Å². The van der Waals surface area contributed by atoms with Gasteiger partial charge in [0, 0.05) is 30.1 Å². The van der Waals surface area contributed by atoms with Crippen LogP contribution in [-0.2, 0) is 0 Å². The fourth-order valence-corrected chi connectivity index (χ4v) is 2.01. The molecule has 1 aromatic carbocycles. The second kappa shape index (κ2) is 4.86. The number of ether oxygens (including phenoxy) is 2. The minimum absolute atomic E-state index is 0.0117. The number of aromatic nitrogens is 1. The van der Waals surface area contributed by atoms with E-state index < -0.39 is 5.91 Å². The summed E-state index contributed by atoms with van der Waals surface area (Å²) in [4.78, 5) is 26.8. The first kappa shape index (κ1) is 13.0. The van der Waals surface area contributed by atoms with Crippen molar-refractivity contribution >= 4 is 17.3 Å². The minimum Gasteiger partial charge on any atom is -0.454 e. The van der Waals surface area contributed by atoms with Crippen molar-refractivity contribution in [3.8, 4) is 11.5 Å². The van der Waals surface area contributed by atoms with Crippen LogP contribution in [0.5, 0.6) is 11.5 Å². The maximum absolute atomic E-state index is 12.1. The summed E-state index contributed by atoms with van der Waals surface area (Å²) in [6.45, 7) is 1.85. The lowest BCUT2D eigenvalue weighted by molar-refractivity contribution is 0.102. The lowest BCUT2D eigenvalue weighted by atomic mass is 10.2. The summed E-state index contributed by atoms with van der Waals surface area (Å²) in [5, 5.41) is 2.60. The maximum Gasteiger partial charge on any atom is 0.261 e. The van der Waals surface area contributed by atoms with Crippen LogP contribution in [0.4, 0.5) is 11.4 Å². The summed E-state index contributed by atoms with van der Waals surface area (Å²) < 4.78 is 10.4. The Morgan fingerprint density at radius 3 is 2.71 bits per heavy atom. The number of carbonyl (C=O) groups is 1. The molecule has 0 saturated carbocycles. The number of carbonyl (C=O) groups excluding carboxylic acids is 1. The predicted molar refractivity (Wildman–Crippen MR) is 76.7 cm³/mol. The van der Waals surface area contributed by atoms with Gasteiger partial charge in [-0.2, -0.15) is 0 Å². The first-order valence-corrected chi connectivity index (χ1v) is 6.24. The molecule has 4 N–H and O–H groups in total. The highest BCUT2D eigenvalue weighted by atomic mass is 16.7. The average Bonchev–Trinajstić information content (AvgIpc) is 2.86. The fourth-order valence-electron chi connectivity index (χ4n) is 2.01. The smallest absolute Gasteiger partial charge is 0.261 e. The van der Waals surface area contributed by atoms with E-state index in [4.69, 9.17) is 15.2 Å². The normalized spacial score (nSPS) is 12.2. The van der Waals surface area contributed by atoms with Gasteiger partial charge in [-0.25, -0.2) is 0 Å². The van der Waals surface area contributed by atoms with Crippen molar-refractivity contribution < 1.29 is 14.3 Å². The number of amides is 1. The number of rotatable bonds is 2. The number of fused-ring (bicyclic) bond motifs is 1. The van der Waals surface area contributed by atoms with E-state index in [9.17, 15) is 9.59 Å². The molecule has 21 heavy (non-hydrogen) atoms. The number of aryl methyl sites for hydroxylation is 1. The molecular formula is C14H13N3O4. The summed E-state index contributed by atoms with van der Waals surface area (Å²) in [7, 11) is 0. The second-order valence-corrected chi connectivity index (χ2v) is 4.64. The number of nitrogen functional groups attached to an aromatic ring is 1. The number of H-pyrrole nitrogens is 1. The van der Waals surface area contributed by atoms with Crippen molar-refractivity contribution in [2.24, 2.45) is 0 Å². The quantitative estimate of drug-likeness (QED) is 0.721. The van der Waals surface area contributed by atoms with Crippen molar-refractivity contribution in [2.45, 2.75) is 6.92 Å². The van der Waals surface area contributed by atoms with E-state index in [0.29, 0.717) is 28.6 Å². The molecule has 0 saturated heterocycles. The Kier molecular flexibility index (Phi) is 3.02. The lowest BCUT2D eigenvalue weighted by Gasteiger charge is -2.09. The Morgan fingerprint density at radius 2 is 2.00 bits per heavy atom. The van der Waals surface area contributed by atoms with E-state index in [1.807, 2.05) is 0 Å². The van der Waals surface area contributed by atoms with Gasteiger partial charge in [-0.15, -0.1) is 0 Å². The lowest BCUT2D eigenvalue weighted by Crippen LogP contribution is -2.22. The molecule has 1 aromatic heterocycles. The van der Waals surface area contributed by atoms with Crippen LogP contribution in [0.25, 0.3) is 0 Å². The molecule has 3 rings (SSSR count). The van der Waals surface area contributed by atoms with Gasteiger partial charge in [-0.05, 0) is 6.92 Å². The number of anilines is 2. The second-order valence-electron chi connectivity index (χ2n) is 4.64. The zero-order valence-corrected chi connectivity index (χ0v) is 11.2. The number of pyridine rings is 1. The highest BCUT2D eigenvalue weighted by Crippen LogP contribution is 2.38. The monoisotopic (exact) mass is 287 g/mol. The van der Waals surface area contributed by atoms with Crippen molar-refractivity contribution in [1.29, 1.82) is 0 Å². The fraction of sp³-hybridized carbons (Fsp3) is 0.143. The van der Waals surface area contributed by atoms with Gasteiger partial charge >= 0.3 is 0 Å². The third kappa shape index (κ3) is 2.40. The summed E-state index contributed by atoms with van der Waals surface area (Å²) in [5.41, 5.74) is 6.87. The standard InChI is InChI=1S/C14H13N3O4/c1-7-2-11(18)8(5-16-7)14(19)17-10-4-13-12(3-9(10)15)20-6-21-13/h2-5H,6,15H2,1H3,(H,16,18)(H,17,19). The molecule has 1 aliphatic heterocycles. The Hall–Kier alpha value is -2.96. The van der Waals surface area contributed by atoms with Crippen molar-refractivity contribution in [1.82, 2.24) is 4.98 Å². The van der Waals surface area contributed by atoms with Gasteiger partial charge in [0.15, 0.2) is 16.9 Å². The van der Waals surface area contributed by atoms with E-state index in [1.54, 1.807) is 19.1 Å². The van der Waals surface area contributed by atoms with E-state index in [2.05, 4.69) is 10.3 Å². The molecule has 0 unspecified atom stereocenters. The molecule has 2 aromatic rings. The van der Waals surface area contributed by atoms with Gasteiger partial charge in [0.2, 0.25) is 6.79 Å². The first-order valence-electron chi connectivity index (χ1n) is 6.24. The number of aromatic amines is 1. The van der Waals surface area contributed by atoms with Crippen LogP contribution in [0.2, 0.25) is 0 Å². The third-order valence-corrected chi connectivity index (χ3v) is 3.09. The highest BCUT2D eigenvalue weighted by Gasteiger charge is 2.18. The Bertz CT molecular complexity index is 782. The molecule has 0 atom stereocenters. The molecule has 7 nitrogen and oxygen atoms in total.